The van der Waals surface area contributed by atoms with Crippen LogP contribution in [0.4, 0.5) is 5.69 Å². The Kier molecular flexibility index (Phi) is 11.9. The lowest BCUT2D eigenvalue weighted by molar-refractivity contribution is 0.313. The Morgan fingerprint density at radius 1 is 0.900 bits per heavy atom. The summed E-state index contributed by atoms with van der Waals surface area (Å²) < 4.78 is 1.15. The second-order valence-corrected chi connectivity index (χ2v) is 5.68. The third kappa shape index (κ3) is 7.91. The number of hydrogen-bond donors (Lipinski definition) is 0. The second kappa shape index (κ2) is 12.2. The third-order valence-corrected chi connectivity index (χ3v) is 3.72. The number of rotatable bonds is 2. The van der Waals surface area contributed by atoms with Crippen LogP contribution >= 0.6 is 15.9 Å². The van der Waals surface area contributed by atoms with E-state index in [-0.39, 0.29) is 0 Å². The zero-order chi connectivity index (χ0) is 15.4. The van der Waals surface area contributed by atoms with Gasteiger partial charge in [0.2, 0.25) is 0 Å². The topological polar surface area (TPSA) is 6.48 Å². The average molecular weight is 343 g/mol. The summed E-state index contributed by atoms with van der Waals surface area (Å²) in [4.78, 5) is 4.81. The van der Waals surface area contributed by atoms with Crippen LogP contribution in [-0.2, 0) is 0 Å². The van der Waals surface area contributed by atoms with E-state index in [2.05, 4.69) is 70.9 Å². The van der Waals surface area contributed by atoms with Crippen LogP contribution in [0.25, 0.3) is 0 Å². The molecule has 0 N–H and O–H groups in total. The minimum atomic E-state index is 1.14. The number of hydrogen-bond acceptors (Lipinski definition) is 2. The quantitative estimate of drug-likeness (QED) is 0.743. The highest BCUT2D eigenvalue weighted by atomic mass is 79.9. The first kappa shape index (κ1) is 19.5. The summed E-state index contributed by atoms with van der Waals surface area (Å²) in [6.07, 6.45) is 2.64. The summed E-state index contributed by atoms with van der Waals surface area (Å²) in [5.74, 6) is 0. The van der Waals surface area contributed by atoms with Crippen molar-refractivity contribution in [2.75, 3.05) is 38.1 Å². The molecule has 1 aliphatic rings. The fourth-order valence-electron chi connectivity index (χ4n) is 1.72. The molecule has 2 rings (SSSR count). The fourth-order valence-corrected chi connectivity index (χ4v) is 1.98. The molecular weight excluding hydrogens is 312 g/mol. The van der Waals surface area contributed by atoms with E-state index in [1.165, 1.54) is 18.5 Å². The monoisotopic (exact) mass is 342 g/mol. The number of halogens is 1. The van der Waals surface area contributed by atoms with E-state index in [4.69, 9.17) is 0 Å². The van der Waals surface area contributed by atoms with Gasteiger partial charge < -0.3 is 9.80 Å². The van der Waals surface area contributed by atoms with Gasteiger partial charge >= 0.3 is 0 Å². The van der Waals surface area contributed by atoms with E-state index in [1.54, 1.807) is 0 Å². The lowest BCUT2D eigenvalue weighted by Crippen LogP contribution is -2.44. The van der Waals surface area contributed by atoms with Gasteiger partial charge in [-0.15, -0.1) is 0 Å². The Balaban J connectivity index is 0.000000521. The molecule has 20 heavy (non-hydrogen) atoms. The number of piperazine rings is 1. The van der Waals surface area contributed by atoms with Crippen molar-refractivity contribution < 1.29 is 0 Å². The molecule has 0 radical (unpaired) electrons. The van der Waals surface area contributed by atoms with Gasteiger partial charge in [0.1, 0.15) is 0 Å². The predicted molar refractivity (Wildman–Crippen MR) is 95.8 cm³/mol. The minimum Gasteiger partial charge on any atom is -0.369 e. The number of unbranched alkanes of at least 4 members (excludes halogenated alkanes) is 1. The molecule has 0 saturated carbocycles. The molecule has 0 aliphatic carbocycles. The summed E-state index contributed by atoms with van der Waals surface area (Å²) in [5, 5.41) is 0. The van der Waals surface area contributed by atoms with Crippen LogP contribution in [0.3, 0.4) is 0 Å². The smallest absolute Gasteiger partial charge is 0.0367 e. The normalized spacial score (nSPS) is 14.8. The van der Waals surface area contributed by atoms with Crippen molar-refractivity contribution in [1.29, 1.82) is 0 Å². The molecule has 0 atom stereocenters. The van der Waals surface area contributed by atoms with E-state index in [1.807, 2.05) is 13.8 Å². The van der Waals surface area contributed by atoms with Crippen LogP contribution in [0.1, 0.15) is 40.5 Å². The Morgan fingerprint density at radius 2 is 1.35 bits per heavy atom. The third-order valence-electron chi connectivity index (χ3n) is 3.20. The van der Waals surface area contributed by atoms with Gasteiger partial charge in [-0.05, 0) is 31.3 Å². The summed E-state index contributed by atoms with van der Waals surface area (Å²) in [5.41, 5.74) is 1.33. The van der Waals surface area contributed by atoms with Crippen molar-refractivity contribution in [2.24, 2.45) is 0 Å². The van der Waals surface area contributed by atoms with Gasteiger partial charge in [-0.3, -0.25) is 0 Å². The molecule has 1 saturated heterocycles. The lowest BCUT2D eigenvalue weighted by Gasteiger charge is -2.34. The number of benzene rings is 1. The van der Waals surface area contributed by atoms with E-state index >= 15 is 0 Å². The van der Waals surface area contributed by atoms with Gasteiger partial charge in [-0.1, -0.05) is 56.5 Å². The summed E-state index contributed by atoms with van der Waals surface area (Å²) in [6.45, 7) is 13.0. The maximum absolute atomic E-state index is 3.45. The van der Waals surface area contributed by atoms with Crippen LogP contribution in [0.5, 0.6) is 0 Å². The van der Waals surface area contributed by atoms with Crippen LogP contribution in [0.2, 0.25) is 0 Å². The van der Waals surface area contributed by atoms with Crippen LogP contribution in [-0.4, -0.2) is 38.1 Å². The van der Waals surface area contributed by atoms with Crippen molar-refractivity contribution in [3.8, 4) is 0 Å². The molecule has 116 valence electrons. The lowest BCUT2D eigenvalue weighted by atomic mass is 10.2. The summed E-state index contributed by atoms with van der Waals surface area (Å²) >= 11 is 3.45. The molecular formula is C17H31BrN2. The zero-order valence-electron chi connectivity index (χ0n) is 13.8. The molecule has 1 fully saturated rings. The first-order chi connectivity index (χ1) is 9.67. The van der Waals surface area contributed by atoms with Crippen molar-refractivity contribution in [2.45, 2.75) is 40.5 Å². The van der Waals surface area contributed by atoms with Gasteiger partial charge in [0.05, 0.1) is 0 Å². The first-order valence-corrected chi connectivity index (χ1v) is 8.65. The average Bonchev–Trinajstić information content (AvgIpc) is 2.51. The van der Waals surface area contributed by atoms with Crippen LogP contribution in [0, 0.1) is 0 Å². The van der Waals surface area contributed by atoms with E-state index < -0.39 is 0 Å². The van der Waals surface area contributed by atoms with Crippen LogP contribution in [0.15, 0.2) is 28.7 Å². The predicted octanol–water partition coefficient (Wildman–Crippen LogP) is 5.03. The minimum absolute atomic E-state index is 1.14. The second-order valence-electron chi connectivity index (χ2n) is 4.77. The SMILES string of the molecule is CC.CCCC.CN1CCN(c2ccc(Br)cc2)CC1. The van der Waals surface area contributed by atoms with Crippen LogP contribution < -0.4 is 4.90 Å². The molecule has 3 heteroatoms. The molecule has 1 aliphatic heterocycles. The van der Waals surface area contributed by atoms with Crippen molar-refractivity contribution >= 4 is 21.6 Å². The molecule has 1 aromatic carbocycles. The highest BCUT2D eigenvalue weighted by Gasteiger charge is 2.13. The van der Waals surface area contributed by atoms with Gasteiger partial charge in [0.25, 0.3) is 0 Å². The number of anilines is 1. The fraction of sp³-hybridized carbons (Fsp3) is 0.647. The van der Waals surface area contributed by atoms with Crippen molar-refractivity contribution in [1.82, 2.24) is 4.90 Å². The largest absolute Gasteiger partial charge is 0.369 e. The molecule has 0 aromatic heterocycles. The number of likely N-dealkylation sites (N-methyl/N-ethyl adjacent to an activating group) is 1. The maximum atomic E-state index is 3.45. The van der Waals surface area contributed by atoms with Crippen molar-refractivity contribution in [3.05, 3.63) is 28.7 Å². The Hall–Kier alpha value is -0.540. The molecule has 1 heterocycles. The Morgan fingerprint density at radius 3 is 1.75 bits per heavy atom. The van der Waals surface area contributed by atoms with Gasteiger partial charge in [-0.2, -0.15) is 0 Å². The van der Waals surface area contributed by atoms with Gasteiger partial charge in [0, 0.05) is 36.3 Å². The standard InChI is InChI=1S/C11H15BrN2.C4H10.C2H6/c1-13-6-8-14(9-7-13)11-4-2-10(12)3-5-11;1-3-4-2;1-2/h2-5H,6-9H2,1H3;3-4H2,1-2H3;1-2H3. The Labute approximate surface area is 134 Å². The Bertz CT molecular complexity index is 314. The zero-order valence-corrected chi connectivity index (χ0v) is 15.4. The van der Waals surface area contributed by atoms with E-state index in [0.717, 1.165) is 30.7 Å². The molecule has 0 spiro atoms. The van der Waals surface area contributed by atoms with Crippen molar-refractivity contribution in [3.63, 3.8) is 0 Å². The maximum Gasteiger partial charge on any atom is 0.0367 e. The number of nitrogens with zero attached hydrogens (tertiary/aromatic N) is 2. The highest BCUT2D eigenvalue weighted by Crippen LogP contribution is 2.19. The van der Waals surface area contributed by atoms with E-state index in [0.29, 0.717) is 0 Å². The molecule has 2 nitrogen and oxygen atoms in total. The summed E-state index contributed by atoms with van der Waals surface area (Å²) in [6, 6.07) is 8.56. The molecule has 0 bridgehead atoms. The van der Waals surface area contributed by atoms with Gasteiger partial charge in [0.15, 0.2) is 0 Å². The first-order valence-electron chi connectivity index (χ1n) is 7.86. The summed E-state index contributed by atoms with van der Waals surface area (Å²) in [7, 11) is 2.18. The molecule has 0 amide bonds. The van der Waals surface area contributed by atoms with E-state index in [9.17, 15) is 0 Å². The molecule has 0 unspecified atom stereocenters. The van der Waals surface area contributed by atoms with Gasteiger partial charge in [-0.25, -0.2) is 0 Å². The highest BCUT2D eigenvalue weighted by molar-refractivity contribution is 9.10. The molecule has 1 aromatic rings.